The Morgan fingerprint density at radius 2 is 1.74 bits per heavy atom. The van der Waals surface area contributed by atoms with Gasteiger partial charge in [0.2, 0.25) is 0 Å². The minimum Gasteiger partial charge on any atom is -0.280 e. The van der Waals surface area contributed by atoms with Gasteiger partial charge in [-0.3, -0.25) is 14.2 Å². The second kappa shape index (κ2) is 10.7. The zero-order chi connectivity index (χ0) is 26.8. The van der Waals surface area contributed by atoms with Crippen molar-refractivity contribution in [2.45, 2.75) is 64.0 Å². The Morgan fingerprint density at radius 3 is 2.54 bits per heavy atom. The van der Waals surface area contributed by atoms with Crippen LogP contribution in [0.15, 0.2) is 65.0 Å². The average Bonchev–Trinajstić information content (AvgIpc) is 3.42. The van der Waals surface area contributed by atoms with Crippen molar-refractivity contribution in [3.63, 3.8) is 0 Å². The van der Waals surface area contributed by atoms with E-state index in [2.05, 4.69) is 54.3 Å². The molecule has 0 amide bonds. The topological polar surface area (TPSA) is 110 Å². The van der Waals surface area contributed by atoms with Crippen LogP contribution in [0.3, 0.4) is 0 Å². The molecule has 0 radical (unpaired) electrons. The molecule has 2 aromatic heterocycles. The maximum absolute atomic E-state index is 8.36. The number of aliphatic imine (C=N–C) groups is 1. The van der Waals surface area contributed by atoms with Gasteiger partial charge in [-0.25, -0.2) is 0 Å². The zero-order valence-corrected chi connectivity index (χ0v) is 22.7. The van der Waals surface area contributed by atoms with Crippen LogP contribution in [0.2, 0.25) is 5.02 Å². The second-order valence-electron chi connectivity index (χ2n) is 10.4. The van der Waals surface area contributed by atoms with E-state index in [-0.39, 0.29) is 5.54 Å². The Morgan fingerprint density at radius 1 is 0.974 bits per heavy atom. The van der Waals surface area contributed by atoms with E-state index in [0.29, 0.717) is 11.6 Å². The standard InChI is InChI=1S/C29H30ClN9/c1-20-35-36-28-29(13-14-29)34-27(21-7-10-24(30)11-8-21)25-17-22(9-12-26(25)39(20)28)23-18-33-38(19-23)16-6-4-2-3-5-15-32-37-31/h7-12,17-19H,2-6,13-16H2,1H3. The molecule has 1 fully saturated rings. The van der Waals surface area contributed by atoms with Gasteiger partial charge in [-0.2, -0.15) is 5.10 Å². The van der Waals surface area contributed by atoms with E-state index < -0.39 is 0 Å². The first kappa shape index (κ1) is 25.3. The van der Waals surface area contributed by atoms with E-state index >= 15 is 0 Å². The number of rotatable bonds is 10. The normalized spacial score (nSPS) is 14.8. The monoisotopic (exact) mass is 539 g/mol. The molecular weight excluding hydrogens is 510 g/mol. The number of nitrogens with zero attached hydrogens (tertiary/aromatic N) is 9. The summed E-state index contributed by atoms with van der Waals surface area (Å²) in [5.41, 5.74) is 14.3. The van der Waals surface area contributed by atoms with Crippen molar-refractivity contribution in [1.29, 1.82) is 0 Å². The highest BCUT2D eigenvalue weighted by atomic mass is 35.5. The minimum atomic E-state index is -0.330. The van der Waals surface area contributed by atoms with E-state index in [0.717, 1.165) is 96.8 Å². The lowest BCUT2D eigenvalue weighted by Crippen LogP contribution is -2.11. The van der Waals surface area contributed by atoms with Crippen molar-refractivity contribution < 1.29 is 0 Å². The van der Waals surface area contributed by atoms with Gasteiger partial charge in [0.1, 0.15) is 11.4 Å². The molecule has 3 heterocycles. The van der Waals surface area contributed by atoms with Gasteiger partial charge in [-0.1, -0.05) is 54.2 Å². The first-order valence-corrected chi connectivity index (χ1v) is 13.9. The number of benzene rings is 2. The van der Waals surface area contributed by atoms with Crippen LogP contribution in [0, 0.1) is 6.92 Å². The van der Waals surface area contributed by atoms with E-state index in [9.17, 15) is 0 Å². The first-order chi connectivity index (χ1) is 19.1. The van der Waals surface area contributed by atoms with E-state index in [1.165, 1.54) is 0 Å². The summed E-state index contributed by atoms with van der Waals surface area (Å²) in [7, 11) is 0. The molecule has 1 spiro atoms. The van der Waals surface area contributed by atoms with Gasteiger partial charge >= 0.3 is 0 Å². The number of aromatic nitrogens is 5. The highest BCUT2D eigenvalue weighted by molar-refractivity contribution is 6.30. The van der Waals surface area contributed by atoms with E-state index in [1.807, 2.05) is 42.1 Å². The number of unbranched alkanes of at least 4 members (excludes halogenated alkanes) is 4. The van der Waals surface area contributed by atoms with E-state index in [4.69, 9.17) is 22.1 Å². The third-order valence-electron chi connectivity index (χ3n) is 7.58. The van der Waals surface area contributed by atoms with Crippen molar-refractivity contribution in [1.82, 2.24) is 24.5 Å². The number of azide groups is 1. The van der Waals surface area contributed by atoms with Gasteiger partial charge in [-0.05, 0) is 68.0 Å². The molecule has 1 aliphatic heterocycles. The fourth-order valence-corrected chi connectivity index (χ4v) is 5.45. The van der Waals surface area contributed by atoms with Crippen LogP contribution >= 0.6 is 11.6 Å². The number of fused-ring (bicyclic) bond motifs is 4. The molecule has 0 saturated heterocycles. The van der Waals surface area contributed by atoms with Gasteiger partial charge in [0.15, 0.2) is 5.82 Å². The molecule has 2 aromatic carbocycles. The summed E-state index contributed by atoms with van der Waals surface area (Å²) in [6.45, 7) is 3.47. The largest absolute Gasteiger partial charge is 0.280 e. The maximum Gasteiger partial charge on any atom is 0.165 e. The molecule has 0 unspecified atom stereocenters. The SMILES string of the molecule is Cc1nnc2n1-c1ccc(-c3cnn(CCCCCCCN=[N+]=[N-])c3)cc1C(c1ccc(Cl)cc1)=NC21CC1. The summed E-state index contributed by atoms with van der Waals surface area (Å²) in [6.07, 6.45) is 11.4. The lowest BCUT2D eigenvalue weighted by atomic mass is 9.96. The lowest BCUT2D eigenvalue weighted by molar-refractivity contribution is 0.530. The summed E-state index contributed by atoms with van der Waals surface area (Å²) < 4.78 is 4.20. The Labute approximate surface area is 232 Å². The zero-order valence-electron chi connectivity index (χ0n) is 22.0. The van der Waals surface area contributed by atoms with Crippen molar-refractivity contribution >= 4 is 17.3 Å². The molecule has 6 rings (SSSR count). The molecule has 10 heteroatoms. The highest BCUT2D eigenvalue weighted by Gasteiger charge is 2.51. The van der Waals surface area contributed by atoms with Crippen LogP contribution in [-0.2, 0) is 12.1 Å². The van der Waals surface area contributed by atoms with Crippen molar-refractivity contribution in [3.05, 3.63) is 93.1 Å². The van der Waals surface area contributed by atoms with Crippen LogP contribution in [0.25, 0.3) is 27.3 Å². The first-order valence-electron chi connectivity index (χ1n) is 13.5. The number of hydrogen-bond acceptors (Lipinski definition) is 5. The van der Waals surface area contributed by atoms with Crippen LogP contribution in [0.1, 0.15) is 67.7 Å². The van der Waals surface area contributed by atoms with Crippen LogP contribution < -0.4 is 0 Å². The van der Waals surface area contributed by atoms with Crippen LogP contribution in [0.5, 0.6) is 0 Å². The molecule has 198 valence electrons. The molecule has 1 saturated carbocycles. The Hall–Kier alpha value is -3.94. The van der Waals surface area contributed by atoms with Crippen LogP contribution in [0.4, 0.5) is 0 Å². The molecule has 39 heavy (non-hydrogen) atoms. The Kier molecular flexibility index (Phi) is 6.94. The van der Waals surface area contributed by atoms with Gasteiger partial charge in [0, 0.05) is 45.9 Å². The van der Waals surface area contributed by atoms with Crippen molar-refractivity contribution in [2.75, 3.05) is 6.54 Å². The molecule has 0 N–H and O–H groups in total. The number of halogens is 1. The third kappa shape index (κ3) is 5.07. The minimum absolute atomic E-state index is 0.330. The average molecular weight is 540 g/mol. The Bertz CT molecular complexity index is 1570. The fraction of sp³-hybridized carbons (Fsp3) is 0.379. The summed E-state index contributed by atoms with van der Waals surface area (Å²) in [6, 6.07) is 14.5. The Balaban J connectivity index is 1.28. The number of aryl methyl sites for hydroxylation is 2. The molecule has 1 aliphatic carbocycles. The molecular formula is C29H30ClN9. The molecule has 9 nitrogen and oxygen atoms in total. The maximum atomic E-state index is 8.36. The molecule has 0 bridgehead atoms. The fourth-order valence-electron chi connectivity index (χ4n) is 5.32. The second-order valence-corrected chi connectivity index (χ2v) is 10.8. The molecule has 2 aliphatic rings. The van der Waals surface area contributed by atoms with Crippen molar-refractivity contribution in [2.24, 2.45) is 10.1 Å². The predicted octanol–water partition coefficient (Wildman–Crippen LogP) is 7.19. The molecule has 0 atom stereocenters. The lowest BCUT2D eigenvalue weighted by Gasteiger charge is -2.14. The summed E-state index contributed by atoms with van der Waals surface area (Å²) in [4.78, 5) is 8.15. The van der Waals surface area contributed by atoms with Crippen LogP contribution in [-0.4, -0.2) is 36.8 Å². The smallest absolute Gasteiger partial charge is 0.165 e. The summed E-state index contributed by atoms with van der Waals surface area (Å²) in [5.74, 6) is 1.78. The highest BCUT2D eigenvalue weighted by Crippen LogP contribution is 2.51. The third-order valence-corrected chi connectivity index (χ3v) is 7.83. The quantitative estimate of drug-likeness (QED) is 0.0919. The summed E-state index contributed by atoms with van der Waals surface area (Å²) in [5, 5.41) is 17.9. The van der Waals surface area contributed by atoms with Gasteiger partial charge < -0.3 is 0 Å². The van der Waals surface area contributed by atoms with E-state index in [1.54, 1.807) is 0 Å². The van der Waals surface area contributed by atoms with Crippen molar-refractivity contribution in [3.8, 4) is 16.8 Å². The summed E-state index contributed by atoms with van der Waals surface area (Å²) >= 11 is 6.23. The molecule has 4 aromatic rings. The van der Waals surface area contributed by atoms with Gasteiger partial charge in [-0.15, -0.1) is 10.2 Å². The predicted molar refractivity (Wildman–Crippen MR) is 152 cm³/mol. The van der Waals surface area contributed by atoms with Gasteiger partial charge in [0.05, 0.1) is 17.6 Å². The number of hydrogen-bond donors (Lipinski definition) is 0. The van der Waals surface area contributed by atoms with Gasteiger partial charge in [0.25, 0.3) is 0 Å².